The number of thiocarbonyl (C=S) groups is 1. The van der Waals surface area contributed by atoms with Crippen molar-refractivity contribution < 1.29 is 0 Å². The standard InChI is InChI=1S/C27H32N6S/c34-27(28-19-21-10-4-3-5-11-21)31-26-29-24(32-15-8-1-2-9-16-32)18-25(30-26)33-17-14-22-12-6-7-13-23(22)20-33/h3-7,10-13,18H,1-2,8-9,14-17,19-20H2,(H2,28,29,30,31,34). The smallest absolute Gasteiger partial charge is 0.232 e. The summed E-state index contributed by atoms with van der Waals surface area (Å²) in [5, 5.41) is 7.07. The van der Waals surface area contributed by atoms with Crippen LogP contribution in [-0.4, -0.2) is 34.7 Å². The molecule has 0 atom stereocenters. The van der Waals surface area contributed by atoms with Crippen molar-refractivity contribution in [1.82, 2.24) is 15.3 Å². The lowest BCUT2D eigenvalue weighted by molar-refractivity contribution is 0.717. The van der Waals surface area contributed by atoms with E-state index in [1.165, 1.54) is 42.4 Å². The van der Waals surface area contributed by atoms with E-state index in [-0.39, 0.29) is 0 Å². The van der Waals surface area contributed by atoms with Gasteiger partial charge in [0.2, 0.25) is 5.95 Å². The molecule has 2 N–H and O–H groups in total. The lowest BCUT2D eigenvalue weighted by Gasteiger charge is -2.31. The number of hydrogen-bond donors (Lipinski definition) is 2. The van der Waals surface area contributed by atoms with E-state index in [0.717, 1.165) is 44.2 Å². The number of hydrogen-bond acceptors (Lipinski definition) is 5. The molecule has 34 heavy (non-hydrogen) atoms. The first kappa shape index (κ1) is 22.6. The Kier molecular flexibility index (Phi) is 7.19. The summed E-state index contributed by atoms with van der Waals surface area (Å²) in [5.41, 5.74) is 3.99. The molecule has 3 aromatic rings. The molecule has 1 saturated heterocycles. The molecule has 7 heteroatoms. The predicted octanol–water partition coefficient (Wildman–Crippen LogP) is 4.91. The molecule has 0 aliphatic carbocycles. The molecule has 176 valence electrons. The highest BCUT2D eigenvalue weighted by atomic mass is 32.1. The Morgan fingerprint density at radius 1 is 0.794 bits per heavy atom. The minimum Gasteiger partial charge on any atom is -0.358 e. The van der Waals surface area contributed by atoms with Crippen LogP contribution in [0.2, 0.25) is 0 Å². The SMILES string of the molecule is S=C(NCc1ccccc1)Nc1nc(N2CCCCCC2)cc(N2CCc3ccccc3C2)n1. The molecule has 2 aromatic carbocycles. The quantitative estimate of drug-likeness (QED) is 0.512. The second-order valence-electron chi connectivity index (χ2n) is 9.04. The summed E-state index contributed by atoms with van der Waals surface area (Å²) in [7, 11) is 0. The van der Waals surface area contributed by atoms with Gasteiger partial charge in [0, 0.05) is 38.8 Å². The summed E-state index contributed by atoms with van der Waals surface area (Å²) in [6, 6.07) is 21.1. The van der Waals surface area contributed by atoms with Crippen LogP contribution in [0.1, 0.15) is 42.4 Å². The summed E-state index contributed by atoms with van der Waals surface area (Å²) in [4.78, 5) is 14.5. The average Bonchev–Trinajstić information content (AvgIpc) is 3.17. The summed E-state index contributed by atoms with van der Waals surface area (Å²) < 4.78 is 0. The molecule has 0 amide bonds. The van der Waals surface area contributed by atoms with Crippen molar-refractivity contribution in [1.29, 1.82) is 0 Å². The fourth-order valence-electron chi connectivity index (χ4n) is 4.72. The van der Waals surface area contributed by atoms with E-state index < -0.39 is 0 Å². The van der Waals surface area contributed by atoms with Gasteiger partial charge in [-0.05, 0) is 48.2 Å². The van der Waals surface area contributed by atoms with Crippen LogP contribution in [0.25, 0.3) is 0 Å². The average molecular weight is 473 g/mol. The predicted molar refractivity (Wildman–Crippen MR) is 143 cm³/mol. The zero-order valence-corrected chi connectivity index (χ0v) is 20.4. The Balaban J connectivity index is 1.36. The highest BCUT2D eigenvalue weighted by Gasteiger charge is 2.21. The Morgan fingerprint density at radius 3 is 2.24 bits per heavy atom. The summed E-state index contributed by atoms with van der Waals surface area (Å²) in [6.07, 6.45) is 6.01. The molecule has 0 spiro atoms. The van der Waals surface area contributed by atoms with Gasteiger partial charge in [0.15, 0.2) is 5.11 Å². The van der Waals surface area contributed by atoms with Crippen LogP contribution in [0.5, 0.6) is 0 Å². The molecular weight excluding hydrogens is 440 g/mol. The monoisotopic (exact) mass is 472 g/mol. The van der Waals surface area contributed by atoms with Crippen molar-refractivity contribution in [3.63, 3.8) is 0 Å². The number of benzene rings is 2. The topological polar surface area (TPSA) is 56.3 Å². The minimum absolute atomic E-state index is 0.534. The van der Waals surface area contributed by atoms with Crippen molar-refractivity contribution in [3.8, 4) is 0 Å². The molecule has 6 nitrogen and oxygen atoms in total. The normalized spacial score (nSPS) is 15.9. The lowest BCUT2D eigenvalue weighted by atomic mass is 10.00. The molecule has 2 aliphatic heterocycles. The summed E-state index contributed by atoms with van der Waals surface area (Å²) in [6.45, 7) is 4.55. The van der Waals surface area contributed by atoms with Crippen LogP contribution >= 0.6 is 12.2 Å². The first-order valence-electron chi connectivity index (χ1n) is 12.3. The Bertz CT molecular complexity index is 1110. The maximum atomic E-state index is 5.58. The number of nitrogens with one attached hydrogen (secondary N) is 2. The highest BCUT2D eigenvalue weighted by Crippen LogP contribution is 2.28. The minimum atomic E-state index is 0.534. The van der Waals surface area contributed by atoms with Crippen LogP contribution in [0.15, 0.2) is 60.7 Å². The van der Waals surface area contributed by atoms with Crippen LogP contribution in [0.4, 0.5) is 17.6 Å². The lowest BCUT2D eigenvalue weighted by Crippen LogP contribution is -2.33. The third-order valence-corrected chi connectivity index (χ3v) is 6.85. The molecular formula is C27H32N6S. The molecule has 0 unspecified atom stereocenters. The van der Waals surface area contributed by atoms with Crippen molar-refractivity contribution in [2.75, 3.05) is 34.8 Å². The molecule has 0 saturated carbocycles. The zero-order chi connectivity index (χ0) is 23.2. The van der Waals surface area contributed by atoms with E-state index in [2.05, 4.69) is 62.9 Å². The third kappa shape index (κ3) is 5.65. The second-order valence-corrected chi connectivity index (χ2v) is 9.45. The largest absolute Gasteiger partial charge is 0.358 e. The maximum absolute atomic E-state index is 5.58. The number of rotatable bonds is 5. The highest BCUT2D eigenvalue weighted by molar-refractivity contribution is 7.80. The summed E-state index contributed by atoms with van der Waals surface area (Å²) in [5.74, 6) is 2.50. The van der Waals surface area contributed by atoms with E-state index in [4.69, 9.17) is 22.2 Å². The Hall–Kier alpha value is -3.19. The zero-order valence-electron chi connectivity index (χ0n) is 19.5. The van der Waals surface area contributed by atoms with Crippen LogP contribution < -0.4 is 20.4 Å². The fraction of sp³-hybridized carbons (Fsp3) is 0.370. The molecule has 5 rings (SSSR count). The van der Waals surface area contributed by atoms with Gasteiger partial charge in [0.1, 0.15) is 11.6 Å². The number of anilines is 3. The van der Waals surface area contributed by atoms with E-state index in [9.17, 15) is 0 Å². The van der Waals surface area contributed by atoms with Gasteiger partial charge in [-0.2, -0.15) is 9.97 Å². The maximum Gasteiger partial charge on any atom is 0.232 e. The van der Waals surface area contributed by atoms with Crippen LogP contribution in [0, 0.1) is 0 Å². The number of nitrogens with zero attached hydrogens (tertiary/aromatic N) is 4. The second kappa shape index (κ2) is 10.8. The van der Waals surface area contributed by atoms with Crippen molar-refractivity contribution in [2.45, 2.75) is 45.2 Å². The number of aromatic nitrogens is 2. The molecule has 0 radical (unpaired) electrons. The van der Waals surface area contributed by atoms with E-state index in [1.54, 1.807) is 0 Å². The third-order valence-electron chi connectivity index (χ3n) is 6.61. The van der Waals surface area contributed by atoms with Gasteiger partial charge in [-0.25, -0.2) is 0 Å². The van der Waals surface area contributed by atoms with Crippen LogP contribution in [-0.2, 0) is 19.5 Å². The Morgan fingerprint density at radius 2 is 1.47 bits per heavy atom. The fourth-order valence-corrected chi connectivity index (χ4v) is 4.88. The van der Waals surface area contributed by atoms with Gasteiger partial charge in [-0.15, -0.1) is 0 Å². The van der Waals surface area contributed by atoms with Crippen LogP contribution in [0.3, 0.4) is 0 Å². The van der Waals surface area contributed by atoms with Crippen molar-refractivity contribution in [2.24, 2.45) is 0 Å². The van der Waals surface area contributed by atoms with Gasteiger partial charge < -0.3 is 20.4 Å². The van der Waals surface area contributed by atoms with Crippen molar-refractivity contribution in [3.05, 3.63) is 77.4 Å². The van der Waals surface area contributed by atoms with Gasteiger partial charge in [-0.3, -0.25) is 0 Å². The van der Waals surface area contributed by atoms with E-state index in [1.807, 2.05) is 18.2 Å². The molecule has 1 aromatic heterocycles. The molecule has 1 fully saturated rings. The van der Waals surface area contributed by atoms with E-state index >= 15 is 0 Å². The first-order valence-corrected chi connectivity index (χ1v) is 12.7. The van der Waals surface area contributed by atoms with Gasteiger partial charge in [-0.1, -0.05) is 67.4 Å². The first-order chi connectivity index (χ1) is 16.7. The summed E-state index contributed by atoms with van der Waals surface area (Å²) >= 11 is 5.58. The van der Waals surface area contributed by atoms with Gasteiger partial charge >= 0.3 is 0 Å². The molecule has 3 heterocycles. The Labute approximate surface area is 207 Å². The molecule has 0 bridgehead atoms. The molecule has 2 aliphatic rings. The van der Waals surface area contributed by atoms with Crippen molar-refractivity contribution >= 4 is 34.9 Å². The van der Waals surface area contributed by atoms with Gasteiger partial charge in [0.05, 0.1) is 0 Å². The van der Waals surface area contributed by atoms with Gasteiger partial charge in [0.25, 0.3) is 0 Å². The van der Waals surface area contributed by atoms with E-state index in [0.29, 0.717) is 17.6 Å². The number of fused-ring (bicyclic) bond motifs is 1.